The van der Waals surface area contributed by atoms with Crippen LogP contribution < -0.4 is 0 Å². The van der Waals surface area contributed by atoms with Crippen LogP contribution in [-0.4, -0.2) is 59.8 Å². The van der Waals surface area contributed by atoms with E-state index in [1.165, 1.54) is 32.1 Å². The lowest BCUT2D eigenvalue weighted by Crippen LogP contribution is -2.56. The Morgan fingerprint density at radius 3 is 2.17 bits per heavy atom. The molecule has 1 aliphatic carbocycles. The molecule has 3 heteroatoms. The van der Waals surface area contributed by atoms with Crippen molar-refractivity contribution in [2.24, 2.45) is 5.92 Å². The van der Waals surface area contributed by atoms with Crippen LogP contribution in [0.25, 0.3) is 0 Å². The second-order valence-corrected chi connectivity index (χ2v) is 6.55. The highest BCUT2D eigenvalue weighted by atomic mass is 16.3. The first-order valence-corrected chi connectivity index (χ1v) is 7.70. The number of piperazine rings is 1. The summed E-state index contributed by atoms with van der Waals surface area (Å²) in [5.41, 5.74) is 0. The lowest BCUT2D eigenvalue weighted by atomic mass is 9.85. The van der Waals surface area contributed by atoms with Crippen LogP contribution >= 0.6 is 0 Å². The van der Waals surface area contributed by atoms with Gasteiger partial charge in [-0.15, -0.1) is 0 Å². The third-order valence-corrected chi connectivity index (χ3v) is 5.07. The third-order valence-electron chi connectivity index (χ3n) is 5.07. The Kier molecular flexibility index (Phi) is 5.05. The number of likely N-dealkylation sites (N-methyl/N-ethyl adjacent to an activating group) is 1. The summed E-state index contributed by atoms with van der Waals surface area (Å²) in [7, 11) is 2.21. The van der Waals surface area contributed by atoms with Crippen LogP contribution in [0.5, 0.6) is 0 Å². The highest BCUT2D eigenvalue weighted by Crippen LogP contribution is 2.27. The Bertz CT molecular complexity index is 241. The maximum atomic E-state index is 10.4. The van der Waals surface area contributed by atoms with Gasteiger partial charge in [0, 0.05) is 31.7 Å². The predicted molar refractivity (Wildman–Crippen MR) is 75.7 cm³/mol. The first kappa shape index (κ1) is 14.3. The van der Waals surface area contributed by atoms with Crippen molar-refractivity contribution in [3.63, 3.8) is 0 Å². The van der Waals surface area contributed by atoms with Crippen LogP contribution in [0, 0.1) is 5.92 Å². The lowest BCUT2D eigenvalue weighted by molar-refractivity contribution is 0.00372. The largest absolute Gasteiger partial charge is 0.392 e. The summed E-state index contributed by atoms with van der Waals surface area (Å²) in [5, 5.41) is 10.4. The molecule has 2 rings (SSSR count). The first-order chi connectivity index (χ1) is 8.58. The molecule has 3 atom stereocenters. The molecule has 106 valence electrons. The minimum atomic E-state index is -0.104. The molecule has 2 aliphatic rings. The molecule has 0 aromatic carbocycles. The van der Waals surface area contributed by atoms with Crippen molar-refractivity contribution >= 4 is 0 Å². The molecule has 0 amide bonds. The molecule has 3 unspecified atom stereocenters. The van der Waals surface area contributed by atoms with E-state index in [0.29, 0.717) is 18.0 Å². The number of β-amino-alcohol motifs (C(OH)–C–C–N with tert-alkyl or cyclic N) is 1. The maximum Gasteiger partial charge on any atom is 0.0695 e. The van der Waals surface area contributed by atoms with Crippen LogP contribution in [0.4, 0.5) is 0 Å². The molecule has 0 spiro atoms. The molecule has 1 saturated heterocycles. The van der Waals surface area contributed by atoms with Gasteiger partial charge in [0.25, 0.3) is 0 Å². The Balaban J connectivity index is 1.81. The average Bonchev–Trinajstić information content (AvgIpc) is 2.37. The third kappa shape index (κ3) is 3.46. The second-order valence-electron chi connectivity index (χ2n) is 6.55. The first-order valence-electron chi connectivity index (χ1n) is 7.70. The quantitative estimate of drug-likeness (QED) is 0.834. The zero-order valence-corrected chi connectivity index (χ0v) is 12.3. The topological polar surface area (TPSA) is 26.7 Å². The molecule has 0 bridgehead atoms. The molecule has 0 radical (unpaired) electrons. The Morgan fingerprint density at radius 1 is 1.06 bits per heavy atom. The van der Waals surface area contributed by atoms with Gasteiger partial charge in [-0.25, -0.2) is 0 Å². The number of hydrogen-bond donors (Lipinski definition) is 1. The van der Waals surface area contributed by atoms with E-state index < -0.39 is 0 Å². The highest BCUT2D eigenvalue weighted by Gasteiger charge is 2.29. The van der Waals surface area contributed by atoms with E-state index in [1.54, 1.807) is 0 Å². The van der Waals surface area contributed by atoms with E-state index >= 15 is 0 Å². The summed E-state index contributed by atoms with van der Waals surface area (Å²) in [6, 6.07) is 1.21. The van der Waals surface area contributed by atoms with Crippen molar-refractivity contribution < 1.29 is 5.11 Å². The van der Waals surface area contributed by atoms with Crippen molar-refractivity contribution in [2.45, 2.75) is 64.1 Å². The van der Waals surface area contributed by atoms with Gasteiger partial charge in [0.1, 0.15) is 0 Å². The van der Waals surface area contributed by atoms with Crippen molar-refractivity contribution in [3.8, 4) is 0 Å². The van der Waals surface area contributed by atoms with Crippen molar-refractivity contribution in [2.75, 3.05) is 26.7 Å². The molecule has 1 saturated carbocycles. The average molecular weight is 254 g/mol. The zero-order chi connectivity index (χ0) is 13.1. The van der Waals surface area contributed by atoms with E-state index in [1.807, 2.05) is 0 Å². The van der Waals surface area contributed by atoms with Crippen LogP contribution in [0.1, 0.15) is 46.0 Å². The van der Waals surface area contributed by atoms with E-state index in [2.05, 4.69) is 30.7 Å². The SMILES string of the molecule is CC1CN(CC(O)C2CCCCC2)CC(C)N1C. The molecule has 2 fully saturated rings. The summed E-state index contributed by atoms with van der Waals surface area (Å²) in [6.07, 6.45) is 6.37. The van der Waals surface area contributed by atoms with Gasteiger partial charge in [-0.3, -0.25) is 9.80 Å². The summed E-state index contributed by atoms with van der Waals surface area (Å²) in [4.78, 5) is 4.91. The molecule has 1 aliphatic heterocycles. The van der Waals surface area contributed by atoms with E-state index in [-0.39, 0.29) is 6.10 Å². The number of aliphatic hydroxyl groups is 1. The summed E-state index contributed by atoms with van der Waals surface area (Å²) < 4.78 is 0. The van der Waals surface area contributed by atoms with Gasteiger partial charge in [0.05, 0.1) is 6.10 Å². The monoisotopic (exact) mass is 254 g/mol. The Hall–Kier alpha value is -0.120. The van der Waals surface area contributed by atoms with Gasteiger partial charge in [-0.05, 0) is 39.7 Å². The van der Waals surface area contributed by atoms with Crippen molar-refractivity contribution in [1.29, 1.82) is 0 Å². The van der Waals surface area contributed by atoms with E-state index in [0.717, 1.165) is 19.6 Å². The Morgan fingerprint density at radius 2 is 1.61 bits per heavy atom. The number of nitrogens with zero attached hydrogens (tertiary/aromatic N) is 2. The second kappa shape index (κ2) is 6.36. The standard InChI is InChI=1S/C15H30N2O/c1-12-9-17(10-13(2)16(12)3)11-15(18)14-7-5-4-6-8-14/h12-15,18H,4-11H2,1-3H3. The number of aliphatic hydroxyl groups excluding tert-OH is 1. The zero-order valence-electron chi connectivity index (χ0n) is 12.3. The Labute approximate surface area is 112 Å². The predicted octanol–water partition coefficient (Wildman–Crippen LogP) is 1.95. The smallest absolute Gasteiger partial charge is 0.0695 e. The fourth-order valence-corrected chi connectivity index (χ4v) is 3.60. The molecule has 0 aromatic rings. The minimum absolute atomic E-state index is 0.104. The van der Waals surface area contributed by atoms with E-state index in [4.69, 9.17) is 0 Å². The molecule has 3 nitrogen and oxygen atoms in total. The molecule has 1 N–H and O–H groups in total. The highest BCUT2D eigenvalue weighted by molar-refractivity contribution is 4.85. The van der Waals surface area contributed by atoms with Gasteiger partial charge in [0.2, 0.25) is 0 Å². The van der Waals surface area contributed by atoms with Crippen LogP contribution in [0.3, 0.4) is 0 Å². The maximum absolute atomic E-state index is 10.4. The molecule has 18 heavy (non-hydrogen) atoms. The van der Waals surface area contributed by atoms with Crippen molar-refractivity contribution in [3.05, 3.63) is 0 Å². The number of hydrogen-bond acceptors (Lipinski definition) is 3. The fourth-order valence-electron chi connectivity index (χ4n) is 3.60. The normalized spacial score (nSPS) is 34.7. The van der Waals surface area contributed by atoms with Gasteiger partial charge in [0.15, 0.2) is 0 Å². The van der Waals surface area contributed by atoms with Gasteiger partial charge >= 0.3 is 0 Å². The van der Waals surface area contributed by atoms with Crippen molar-refractivity contribution in [1.82, 2.24) is 9.80 Å². The molecule has 0 aromatic heterocycles. The van der Waals surface area contributed by atoms with E-state index in [9.17, 15) is 5.11 Å². The number of rotatable bonds is 3. The lowest BCUT2D eigenvalue weighted by Gasteiger charge is -2.43. The summed E-state index contributed by atoms with van der Waals surface area (Å²) >= 11 is 0. The van der Waals surface area contributed by atoms with Gasteiger partial charge in [-0.2, -0.15) is 0 Å². The molecular weight excluding hydrogens is 224 g/mol. The van der Waals surface area contributed by atoms with Crippen LogP contribution in [0.15, 0.2) is 0 Å². The van der Waals surface area contributed by atoms with Gasteiger partial charge < -0.3 is 5.11 Å². The van der Waals surface area contributed by atoms with Crippen LogP contribution in [-0.2, 0) is 0 Å². The fraction of sp³-hybridized carbons (Fsp3) is 1.00. The molecular formula is C15H30N2O. The molecule has 1 heterocycles. The summed E-state index contributed by atoms with van der Waals surface area (Å²) in [5.74, 6) is 0.559. The van der Waals surface area contributed by atoms with Crippen LogP contribution in [0.2, 0.25) is 0 Å². The minimum Gasteiger partial charge on any atom is -0.392 e. The van der Waals surface area contributed by atoms with Gasteiger partial charge in [-0.1, -0.05) is 19.3 Å². The summed E-state index contributed by atoms with van der Waals surface area (Å²) in [6.45, 7) is 7.66.